The summed E-state index contributed by atoms with van der Waals surface area (Å²) in [6.07, 6.45) is 4.18. The quantitative estimate of drug-likeness (QED) is 0.371. The molecule has 156 valence electrons. The van der Waals surface area contributed by atoms with Crippen LogP contribution in [0.4, 0.5) is 0 Å². The van der Waals surface area contributed by atoms with Gasteiger partial charge in [-0.3, -0.25) is 9.79 Å². The van der Waals surface area contributed by atoms with Gasteiger partial charge in [-0.15, -0.1) is 24.0 Å². The normalized spacial score (nSPS) is 18.4. The van der Waals surface area contributed by atoms with Gasteiger partial charge in [-0.2, -0.15) is 0 Å². The SMILES string of the molecule is CCOC1CCN(C(=NC)NCc2ccc(CN3CCCC3=O)cc2)CC1.I. The molecule has 0 aliphatic carbocycles. The lowest BCUT2D eigenvalue weighted by Crippen LogP contribution is -2.46. The third-order valence-electron chi connectivity index (χ3n) is 5.37. The van der Waals surface area contributed by atoms with E-state index in [4.69, 9.17) is 4.74 Å². The molecule has 28 heavy (non-hydrogen) atoms. The molecule has 2 aliphatic rings. The molecule has 0 radical (unpaired) electrons. The number of hydrogen-bond donors (Lipinski definition) is 1. The molecule has 1 amide bonds. The van der Waals surface area contributed by atoms with Crippen LogP contribution in [0.15, 0.2) is 29.3 Å². The second kappa shape index (κ2) is 11.6. The summed E-state index contributed by atoms with van der Waals surface area (Å²) in [5, 5.41) is 3.47. The molecule has 2 saturated heterocycles. The van der Waals surface area contributed by atoms with Gasteiger partial charge in [-0.1, -0.05) is 24.3 Å². The molecule has 0 unspecified atom stereocenters. The summed E-state index contributed by atoms with van der Waals surface area (Å²) in [7, 11) is 1.84. The zero-order valence-corrected chi connectivity index (χ0v) is 19.4. The van der Waals surface area contributed by atoms with Gasteiger partial charge in [-0.25, -0.2) is 0 Å². The Morgan fingerprint density at radius 1 is 1.18 bits per heavy atom. The Bertz CT molecular complexity index is 642. The van der Waals surface area contributed by atoms with Gasteiger partial charge in [0.05, 0.1) is 6.10 Å². The number of carbonyl (C=O) groups excluding carboxylic acids is 1. The maximum Gasteiger partial charge on any atom is 0.222 e. The number of hydrogen-bond acceptors (Lipinski definition) is 3. The lowest BCUT2D eigenvalue weighted by molar-refractivity contribution is -0.128. The van der Waals surface area contributed by atoms with E-state index in [0.29, 0.717) is 12.5 Å². The molecule has 0 atom stereocenters. The van der Waals surface area contributed by atoms with E-state index in [2.05, 4.69) is 46.4 Å². The number of benzene rings is 1. The Hall–Kier alpha value is -1.35. The highest BCUT2D eigenvalue weighted by Crippen LogP contribution is 2.16. The van der Waals surface area contributed by atoms with Crippen LogP contribution in [0.2, 0.25) is 0 Å². The predicted octanol–water partition coefficient (Wildman–Crippen LogP) is 3.00. The zero-order chi connectivity index (χ0) is 19.1. The smallest absolute Gasteiger partial charge is 0.222 e. The second-order valence-electron chi connectivity index (χ2n) is 7.28. The molecule has 0 bridgehead atoms. The van der Waals surface area contributed by atoms with Crippen LogP contribution in [0.5, 0.6) is 0 Å². The van der Waals surface area contributed by atoms with E-state index in [-0.39, 0.29) is 29.9 Å². The van der Waals surface area contributed by atoms with Gasteiger partial charge < -0.3 is 19.9 Å². The van der Waals surface area contributed by atoms with Gasteiger partial charge in [0.1, 0.15) is 0 Å². The van der Waals surface area contributed by atoms with Gasteiger partial charge in [0.15, 0.2) is 5.96 Å². The number of nitrogens with zero attached hydrogens (tertiary/aromatic N) is 3. The van der Waals surface area contributed by atoms with Crippen LogP contribution in [-0.4, -0.2) is 61.1 Å². The minimum atomic E-state index is 0. The maximum absolute atomic E-state index is 11.8. The van der Waals surface area contributed by atoms with E-state index in [9.17, 15) is 4.79 Å². The first-order chi connectivity index (χ1) is 13.2. The average molecular weight is 500 g/mol. The fourth-order valence-electron chi connectivity index (χ4n) is 3.84. The molecule has 1 aromatic rings. The number of rotatable bonds is 6. The lowest BCUT2D eigenvalue weighted by atomic mass is 10.1. The number of guanidine groups is 1. The first-order valence-electron chi connectivity index (χ1n) is 10.1. The van der Waals surface area contributed by atoms with Crippen LogP contribution in [0.25, 0.3) is 0 Å². The zero-order valence-electron chi connectivity index (χ0n) is 17.0. The number of piperidine rings is 1. The van der Waals surface area contributed by atoms with Gasteiger partial charge in [0.25, 0.3) is 0 Å². The summed E-state index contributed by atoms with van der Waals surface area (Å²) in [4.78, 5) is 20.4. The van der Waals surface area contributed by atoms with Crippen molar-refractivity contribution in [3.05, 3.63) is 35.4 Å². The Kier molecular flexibility index (Phi) is 9.50. The Morgan fingerprint density at radius 3 is 2.43 bits per heavy atom. The molecule has 0 saturated carbocycles. The van der Waals surface area contributed by atoms with Gasteiger partial charge in [-0.05, 0) is 37.3 Å². The molecular formula is C21H33IN4O2. The van der Waals surface area contributed by atoms with Crippen LogP contribution >= 0.6 is 24.0 Å². The third-order valence-corrected chi connectivity index (χ3v) is 5.37. The van der Waals surface area contributed by atoms with Crippen molar-refractivity contribution in [2.75, 3.05) is 33.3 Å². The van der Waals surface area contributed by atoms with Gasteiger partial charge in [0.2, 0.25) is 5.91 Å². The van der Waals surface area contributed by atoms with Crippen molar-refractivity contribution in [3.63, 3.8) is 0 Å². The van der Waals surface area contributed by atoms with Crippen LogP contribution < -0.4 is 5.32 Å². The molecule has 1 N–H and O–H groups in total. The highest BCUT2D eigenvalue weighted by atomic mass is 127. The molecule has 0 spiro atoms. The van der Waals surface area contributed by atoms with E-state index in [0.717, 1.165) is 64.6 Å². The minimum absolute atomic E-state index is 0. The highest BCUT2D eigenvalue weighted by Gasteiger charge is 2.22. The summed E-state index contributed by atoms with van der Waals surface area (Å²) in [5.74, 6) is 1.23. The van der Waals surface area contributed by atoms with E-state index in [1.54, 1.807) is 0 Å². The van der Waals surface area contributed by atoms with Crippen molar-refractivity contribution in [2.45, 2.75) is 51.8 Å². The van der Waals surface area contributed by atoms with Crippen LogP contribution in [0.3, 0.4) is 0 Å². The van der Waals surface area contributed by atoms with Gasteiger partial charge in [0, 0.05) is 52.8 Å². The first-order valence-corrected chi connectivity index (χ1v) is 10.1. The summed E-state index contributed by atoms with van der Waals surface area (Å²) < 4.78 is 5.73. The Morgan fingerprint density at radius 2 is 1.86 bits per heavy atom. The Labute approximate surface area is 185 Å². The molecule has 3 rings (SSSR count). The van der Waals surface area contributed by atoms with E-state index < -0.39 is 0 Å². The number of aliphatic imine (C=N–C) groups is 1. The predicted molar refractivity (Wildman–Crippen MR) is 123 cm³/mol. The van der Waals surface area contributed by atoms with Crippen molar-refractivity contribution >= 4 is 35.8 Å². The molecule has 2 aliphatic heterocycles. The summed E-state index contributed by atoms with van der Waals surface area (Å²) in [6.45, 7) is 7.17. The third kappa shape index (κ3) is 6.34. The number of halogens is 1. The van der Waals surface area contributed by atoms with Crippen molar-refractivity contribution in [1.29, 1.82) is 0 Å². The molecule has 0 aromatic heterocycles. The fraction of sp³-hybridized carbons (Fsp3) is 0.619. The molecule has 7 heteroatoms. The molecule has 1 aromatic carbocycles. The van der Waals surface area contributed by atoms with Crippen molar-refractivity contribution < 1.29 is 9.53 Å². The maximum atomic E-state index is 11.8. The molecule has 6 nitrogen and oxygen atoms in total. The average Bonchev–Trinajstić information content (AvgIpc) is 3.09. The number of ether oxygens (including phenoxy) is 1. The lowest BCUT2D eigenvalue weighted by Gasteiger charge is -2.34. The van der Waals surface area contributed by atoms with E-state index in [1.165, 1.54) is 11.1 Å². The highest BCUT2D eigenvalue weighted by molar-refractivity contribution is 14.0. The summed E-state index contributed by atoms with van der Waals surface area (Å²) in [6, 6.07) is 8.52. The molecule has 2 heterocycles. The number of amides is 1. The fourth-order valence-corrected chi connectivity index (χ4v) is 3.84. The number of likely N-dealkylation sites (tertiary alicyclic amines) is 2. The number of nitrogens with one attached hydrogen (secondary N) is 1. The molecule has 2 fully saturated rings. The van der Waals surface area contributed by atoms with Crippen molar-refractivity contribution in [3.8, 4) is 0 Å². The monoisotopic (exact) mass is 500 g/mol. The summed E-state index contributed by atoms with van der Waals surface area (Å²) >= 11 is 0. The van der Waals surface area contributed by atoms with Gasteiger partial charge >= 0.3 is 0 Å². The minimum Gasteiger partial charge on any atom is -0.378 e. The first kappa shape index (κ1) is 22.9. The standard InChI is InChI=1S/C21H32N4O2.HI/c1-3-27-19-10-13-24(14-11-19)21(22-2)23-15-17-6-8-18(9-7-17)16-25-12-4-5-20(25)26;/h6-9,19H,3-5,10-16H2,1-2H3,(H,22,23);1H. The van der Waals surface area contributed by atoms with Crippen LogP contribution in [0.1, 0.15) is 43.7 Å². The van der Waals surface area contributed by atoms with Crippen molar-refractivity contribution in [1.82, 2.24) is 15.1 Å². The summed E-state index contributed by atoms with van der Waals surface area (Å²) in [5.41, 5.74) is 2.41. The van der Waals surface area contributed by atoms with E-state index in [1.807, 2.05) is 11.9 Å². The van der Waals surface area contributed by atoms with E-state index >= 15 is 0 Å². The van der Waals surface area contributed by atoms with Crippen LogP contribution in [0, 0.1) is 0 Å². The largest absolute Gasteiger partial charge is 0.378 e. The Balaban J connectivity index is 0.00000280. The molecular weight excluding hydrogens is 467 g/mol. The number of carbonyl (C=O) groups is 1. The second-order valence-corrected chi connectivity index (χ2v) is 7.28. The van der Waals surface area contributed by atoms with Crippen molar-refractivity contribution in [2.24, 2.45) is 4.99 Å². The van der Waals surface area contributed by atoms with Crippen LogP contribution in [-0.2, 0) is 22.6 Å². The topological polar surface area (TPSA) is 57.2 Å².